The van der Waals surface area contributed by atoms with Crippen LogP contribution in [0, 0.1) is 18.3 Å². The van der Waals surface area contributed by atoms with Gasteiger partial charge in [0.1, 0.15) is 11.6 Å². The van der Waals surface area contributed by atoms with Gasteiger partial charge in [0.2, 0.25) is 11.8 Å². The molecule has 1 rings (SSSR count). The second kappa shape index (κ2) is 8.09. The summed E-state index contributed by atoms with van der Waals surface area (Å²) in [4.78, 5) is 14.8. The van der Waals surface area contributed by atoms with E-state index >= 15 is 0 Å². The number of ether oxygens (including phenoxy) is 1. The standard InChI is InChI=1S/C14H19N3O2/c1-11-6-7-13(10-15)14(17-11)19-9-5-3-4-8-16-12(2)18/h6-7H,3-5,8-9H2,1-2H3,(H,16,18). The molecule has 0 bridgehead atoms. The van der Waals surface area contributed by atoms with Crippen LogP contribution in [0.25, 0.3) is 0 Å². The fourth-order valence-corrected chi connectivity index (χ4v) is 1.57. The number of nitrogens with zero attached hydrogens (tertiary/aromatic N) is 2. The molecule has 1 aromatic rings. The molecule has 1 N–H and O–H groups in total. The van der Waals surface area contributed by atoms with Crippen LogP contribution < -0.4 is 10.1 Å². The lowest BCUT2D eigenvalue weighted by Crippen LogP contribution is -2.20. The van der Waals surface area contributed by atoms with Crippen molar-refractivity contribution in [2.75, 3.05) is 13.2 Å². The highest BCUT2D eigenvalue weighted by atomic mass is 16.5. The molecule has 102 valence electrons. The summed E-state index contributed by atoms with van der Waals surface area (Å²) in [6, 6.07) is 5.57. The Morgan fingerprint density at radius 1 is 1.42 bits per heavy atom. The largest absolute Gasteiger partial charge is 0.477 e. The Hall–Kier alpha value is -2.09. The molecule has 5 nitrogen and oxygen atoms in total. The van der Waals surface area contributed by atoms with Gasteiger partial charge in [0, 0.05) is 19.2 Å². The van der Waals surface area contributed by atoms with Crippen LogP contribution >= 0.6 is 0 Å². The van der Waals surface area contributed by atoms with Gasteiger partial charge in [-0.15, -0.1) is 0 Å². The quantitative estimate of drug-likeness (QED) is 0.761. The zero-order valence-corrected chi connectivity index (χ0v) is 11.4. The third-order valence-electron chi connectivity index (χ3n) is 2.55. The van der Waals surface area contributed by atoms with Crippen molar-refractivity contribution in [3.63, 3.8) is 0 Å². The molecule has 1 aromatic heterocycles. The third kappa shape index (κ3) is 5.87. The molecule has 5 heteroatoms. The fraction of sp³-hybridized carbons (Fsp3) is 0.500. The number of aromatic nitrogens is 1. The maximum atomic E-state index is 10.6. The van der Waals surface area contributed by atoms with Crippen LogP contribution in [0.4, 0.5) is 0 Å². The summed E-state index contributed by atoms with van der Waals surface area (Å²) in [6.07, 6.45) is 2.77. The number of nitriles is 1. The van der Waals surface area contributed by atoms with E-state index < -0.39 is 0 Å². The van der Waals surface area contributed by atoms with Crippen LogP contribution in [-0.4, -0.2) is 24.0 Å². The van der Waals surface area contributed by atoms with E-state index in [1.807, 2.05) is 6.92 Å². The van der Waals surface area contributed by atoms with Crippen molar-refractivity contribution < 1.29 is 9.53 Å². The van der Waals surface area contributed by atoms with Gasteiger partial charge in [-0.25, -0.2) is 4.98 Å². The van der Waals surface area contributed by atoms with Gasteiger partial charge in [0.15, 0.2) is 0 Å². The summed E-state index contributed by atoms with van der Waals surface area (Å²) in [5.74, 6) is 0.406. The van der Waals surface area contributed by atoms with Crippen LogP contribution in [0.2, 0.25) is 0 Å². The summed E-state index contributed by atoms with van der Waals surface area (Å²) >= 11 is 0. The zero-order chi connectivity index (χ0) is 14.1. The molecule has 1 heterocycles. The molecule has 0 radical (unpaired) electrons. The maximum Gasteiger partial charge on any atom is 0.231 e. The van der Waals surface area contributed by atoms with Crippen molar-refractivity contribution in [1.29, 1.82) is 5.26 Å². The Kier molecular flexibility index (Phi) is 6.37. The smallest absolute Gasteiger partial charge is 0.231 e. The topological polar surface area (TPSA) is 75.0 Å². The van der Waals surface area contributed by atoms with Crippen LogP contribution in [-0.2, 0) is 4.79 Å². The predicted molar refractivity (Wildman–Crippen MR) is 71.7 cm³/mol. The van der Waals surface area contributed by atoms with Crippen molar-refractivity contribution in [2.45, 2.75) is 33.1 Å². The van der Waals surface area contributed by atoms with Crippen molar-refractivity contribution in [3.05, 3.63) is 23.4 Å². The molecular weight excluding hydrogens is 242 g/mol. The van der Waals surface area contributed by atoms with E-state index in [0.29, 0.717) is 24.6 Å². The fourth-order valence-electron chi connectivity index (χ4n) is 1.57. The number of unbranched alkanes of at least 4 members (excludes halogenated alkanes) is 2. The Morgan fingerprint density at radius 2 is 2.21 bits per heavy atom. The van der Waals surface area contributed by atoms with Crippen LogP contribution in [0.3, 0.4) is 0 Å². The predicted octanol–water partition coefficient (Wildman–Crippen LogP) is 1.95. The molecular formula is C14H19N3O2. The molecule has 0 aliphatic heterocycles. The zero-order valence-electron chi connectivity index (χ0n) is 11.4. The summed E-state index contributed by atoms with van der Waals surface area (Å²) < 4.78 is 5.52. The number of amides is 1. The highest BCUT2D eigenvalue weighted by molar-refractivity contribution is 5.72. The van der Waals surface area contributed by atoms with Gasteiger partial charge in [0.25, 0.3) is 0 Å². The number of hydrogen-bond donors (Lipinski definition) is 1. The lowest BCUT2D eigenvalue weighted by atomic mass is 10.2. The highest BCUT2D eigenvalue weighted by Gasteiger charge is 2.04. The minimum atomic E-state index is -0.00104. The van der Waals surface area contributed by atoms with Gasteiger partial charge in [-0.05, 0) is 38.3 Å². The summed E-state index contributed by atoms with van der Waals surface area (Å²) in [5, 5.41) is 11.7. The SMILES string of the molecule is CC(=O)NCCCCCOc1nc(C)ccc1C#N. The van der Waals surface area contributed by atoms with Gasteiger partial charge < -0.3 is 10.1 Å². The number of carbonyl (C=O) groups excluding carboxylic acids is 1. The Bertz CT molecular complexity index is 466. The molecule has 0 saturated heterocycles. The lowest BCUT2D eigenvalue weighted by molar-refractivity contribution is -0.118. The van der Waals surface area contributed by atoms with Crippen LogP contribution in [0.5, 0.6) is 5.88 Å². The molecule has 0 atom stereocenters. The number of rotatable bonds is 7. The van der Waals surface area contributed by atoms with E-state index in [2.05, 4.69) is 16.4 Å². The van der Waals surface area contributed by atoms with E-state index in [4.69, 9.17) is 10.00 Å². The third-order valence-corrected chi connectivity index (χ3v) is 2.55. The van der Waals surface area contributed by atoms with Crippen LogP contribution in [0.1, 0.15) is 37.4 Å². The van der Waals surface area contributed by atoms with Crippen molar-refractivity contribution in [1.82, 2.24) is 10.3 Å². The average Bonchev–Trinajstić information content (AvgIpc) is 2.37. The summed E-state index contributed by atoms with van der Waals surface area (Å²) in [7, 11) is 0. The Balaban J connectivity index is 2.24. The lowest BCUT2D eigenvalue weighted by Gasteiger charge is -2.07. The normalized spacial score (nSPS) is 9.74. The molecule has 0 spiro atoms. The van der Waals surface area contributed by atoms with E-state index in [0.717, 1.165) is 25.0 Å². The number of aryl methyl sites for hydroxylation is 1. The monoisotopic (exact) mass is 261 g/mol. The van der Waals surface area contributed by atoms with Crippen molar-refractivity contribution in [2.24, 2.45) is 0 Å². The minimum absolute atomic E-state index is 0.00104. The molecule has 0 saturated carbocycles. The van der Waals surface area contributed by atoms with Crippen LogP contribution in [0.15, 0.2) is 12.1 Å². The first-order valence-electron chi connectivity index (χ1n) is 6.38. The van der Waals surface area contributed by atoms with Gasteiger partial charge in [0.05, 0.1) is 6.61 Å². The molecule has 0 fully saturated rings. The molecule has 0 unspecified atom stereocenters. The number of hydrogen-bond acceptors (Lipinski definition) is 4. The van der Waals surface area contributed by atoms with Gasteiger partial charge in [-0.1, -0.05) is 0 Å². The molecule has 0 aromatic carbocycles. The number of pyridine rings is 1. The van der Waals surface area contributed by atoms with E-state index in [-0.39, 0.29) is 5.91 Å². The average molecular weight is 261 g/mol. The van der Waals surface area contributed by atoms with Gasteiger partial charge in [-0.2, -0.15) is 5.26 Å². The number of nitrogens with one attached hydrogen (secondary N) is 1. The molecule has 1 amide bonds. The van der Waals surface area contributed by atoms with Crippen molar-refractivity contribution >= 4 is 5.91 Å². The molecule has 19 heavy (non-hydrogen) atoms. The number of carbonyl (C=O) groups is 1. The summed E-state index contributed by atoms with van der Waals surface area (Å²) in [6.45, 7) is 4.60. The van der Waals surface area contributed by atoms with E-state index in [1.165, 1.54) is 6.92 Å². The van der Waals surface area contributed by atoms with Gasteiger partial charge >= 0.3 is 0 Å². The first kappa shape index (κ1) is 15.0. The Morgan fingerprint density at radius 3 is 2.89 bits per heavy atom. The summed E-state index contributed by atoms with van der Waals surface area (Å²) in [5.41, 5.74) is 1.29. The first-order chi connectivity index (χ1) is 9.13. The van der Waals surface area contributed by atoms with E-state index in [9.17, 15) is 4.79 Å². The van der Waals surface area contributed by atoms with E-state index in [1.54, 1.807) is 12.1 Å². The Labute approximate surface area is 113 Å². The maximum absolute atomic E-state index is 10.6. The second-order valence-electron chi connectivity index (χ2n) is 4.31. The first-order valence-corrected chi connectivity index (χ1v) is 6.38. The minimum Gasteiger partial charge on any atom is -0.477 e. The molecule has 0 aliphatic rings. The highest BCUT2D eigenvalue weighted by Crippen LogP contribution is 2.15. The second-order valence-corrected chi connectivity index (χ2v) is 4.31. The molecule has 0 aliphatic carbocycles. The van der Waals surface area contributed by atoms with Gasteiger partial charge in [-0.3, -0.25) is 4.79 Å². The van der Waals surface area contributed by atoms with Crippen molar-refractivity contribution in [3.8, 4) is 11.9 Å².